The van der Waals surface area contributed by atoms with Gasteiger partial charge in [0.1, 0.15) is 5.69 Å². The van der Waals surface area contributed by atoms with E-state index in [1.54, 1.807) is 12.1 Å². The predicted octanol–water partition coefficient (Wildman–Crippen LogP) is 2.81. The Balaban J connectivity index is 1.39. The second-order valence-electron chi connectivity index (χ2n) is 8.02. The second-order valence-corrected chi connectivity index (χ2v) is 8.02. The zero-order chi connectivity index (χ0) is 16.7. The fourth-order valence-electron chi connectivity index (χ4n) is 5.63. The number of hydrogen-bond donors (Lipinski definition) is 1. The molecule has 24 heavy (non-hydrogen) atoms. The summed E-state index contributed by atoms with van der Waals surface area (Å²) in [5.74, 6) is 2.05. The van der Waals surface area contributed by atoms with Crippen LogP contribution in [0.3, 0.4) is 0 Å². The Labute approximate surface area is 142 Å². The lowest BCUT2D eigenvalue weighted by Gasteiger charge is -2.56. The number of aromatic nitrogens is 1. The molecule has 0 aromatic carbocycles. The van der Waals surface area contributed by atoms with Crippen LogP contribution in [0.1, 0.15) is 59.4 Å². The summed E-state index contributed by atoms with van der Waals surface area (Å²) >= 11 is 0. The van der Waals surface area contributed by atoms with Crippen LogP contribution in [0.4, 0.5) is 0 Å². The number of hydrogen-bond acceptors (Lipinski definition) is 4. The van der Waals surface area contributed by atoms with Crippen LogP contribution in [0.25, 0.3) is 0 Å². The minimum atomic E-state index is -0.442. The van der Waals surface area contributed by atoms with Gasteiger partial charge in [-0.25, -0.2) is 4.79 Å². The first-order valence-electron chi connectivity index (χ1n) is 8.89. The molecule has 1 N–H and O–H groups in total. The van der Waals surface area contributed by atoms with Gasteiger partial charge < -0.3 is 10.1 Å². The third kappa shape index (κ3) is 2.80. The van der Waals surface area contributed by atoms with Crippen molar-refractivity contribution in [2.75, 3.05) is 13.7 Å². The van der Waals surface area contributed by atoms with Gasteiger partial charge in [0, 0.05) is 12.7 Å². The lowest BCUT2D eigenvalue weighted by molar-refractivity contribution is -0.0503. The molecule has 0 spiro atoms. The van der Waals surface area contributed by atoms with Crippen molar-refractivity contribution in [1.82, 2.24) is 10.3 Å². The molecule has 4 fully saturated rings. The molecule has 4 bridgehead atoms. The van der Waals surface area contributed by atoms with Crippen molar-refractivity contribution in [3.63, 3.8) is 0 Å². The van der Waals surface area contributed by atoms with Crippen molar-refractivity contribution in [3.8, 4) is 0 Å². The molecule has 0 unspecified atom stereocenters. The van der Waals surface area contributed by atoms with Crippen LogP contribution >= 0.6 is 0 Å². The van der Waals surface area contributed by atoms with Gasteiger partial charge in [-0.3, -0.25) is 9.78 Å². The molecule has 4 aliphatic carbocycles. The molecule has 0 atom stereocenters. The zero-order valence-electron chi connectivity index (χ0n) is 14.1. The average molecular weight is 328 g/mol. The van der Waals surface area contributed by atoms with Gasteiger partial charge in [0.2, 0.25) is 0 Å². The molecular formula is C19H24N2O3. The van der Waals surface area contributed by atoms with E-state index in [2.05, 4.69) is 15.0 Å². The van der Waals surface area contributed by atoms with Gasteiger partial charge in [-0.15, -0.1) is 0 Å². The lowest BCUT2D eigenvalue weighted by Crippen LogP contribution is -2.51. The van der Waals surface area contributed by atoms with Crippen LogP contribution in [0, 0.1) is 23.2 Å². The highest BCUT2D eigenvalue weighted by Crippen LogP contribution is 2.59. The molecule has 1 aromatic rings. The Morgan fingerprint density at radius 1 is 1.17 bits per heavy atom. The second kappa shape index (κ2) is 5.87. The van der Waals surface area contributed by atoms with Crippen molar-refractivity contribution in [3.05, 3.63) is 29.6 Å². The standard InChI is InChI=1S/C19H24N2O3/c1-24-18(23)15-2-3-16(20-10-15)17(22)21-11-19-7-12-4-13(8-19)6-14(5-12)9-19/h2-3,10,12-14H,4-9,11H2,1H3,(H,21,22). The van der Waals surface area contributed by atoms with Gasteiger partial charge in [-0.05, 0) is 73.8 Å². The number of nitrogens with one attached hydrogen (secondary N) is 1. The molecule has 1 amide bonds. The van der Waals surface area contributed by atoms with Gasteiger partial charge in [0.15, 0.2) is 0 Å². The number of methoxy groups -OCH3 is 1. The highest BCUT2D eigenvalue weighted by molar-refractivity contribution is 5.94. The summed E-state index contributed by atoms with van der Waals surface area (Å²) in [6.45, 7) is 0.760. The van der Waals surface area contributed by atoms with Crippen molar-refractivity contribution in [2.45, 2.75) is 38.5 Å². The van der Waals surface area contributed by atoms with E-state index in [1.807, 2.05) is 0 Å². The number of carbonyl (C=O) groups excluding carboxylic acids is 2. The number of ether oxygens (including phenoxy) is 1. The van der Waals surface area contributed by atoms with Crippen molar-refractivity contribution in [1.29, 1.82) is 0 Å². The fourth-order valence-corrected chi connectivity index (χ4v) is 5.63. The van der Waals surface area contributed by atoms with Gasteiger partial charge >= 0.3 is 5.97 Å². The number of pyridine rings is 1. The van der Waals surface area contributed by atoms with E-state index in [-0.39, 0.29) is 5.91 Å². The minimum Gasteiger partial charge on any atom is -0.465 e. The number of rotatable bonds is 4. The molecule has 128 valence electrons. The highest BCUT2D eigenvalue weighted by atomic mass is 16.5. The first-order valence-corrected chi connectivity index (χ1v) is 8.89. The zero-order valence-corrected chi connectivity index (χ0v) is 14.1. The smallest absolute Gasteiger partial charge is 0.339 e. The van der Waals surface area contributed by atoms with Crippen LogP contribution < -0.4 is 5.32 Å². The Morgan fingerprint density at radius 3 is 2.29 bits per heavy atom. The van der Waals surface area contributed by atoms with E-state index in [1.165, 1.54) is 51.8 Å². The molecule has 0 saturated heterocycles. The SMILES string of the molecule is COC(=O)c1ccc(C(=O)NCC23CC4CC(CC(C4)C2)C3)nc1. The van der Waals surface area contributed by atoms with E-state index in [4.69, 9.17) is 0 Å². The first-order chi connectivity index (χ1) is 11.6. The fraction of sp³-hybridized carbons (Fsp3) is 0.632. The van der Waals surface area contributed by atoms with Crippen molar-refractivity contribution < 1.29 is 14.3 Å². The monoisotopic (exact) mass is 328 g/mol. The molecule has 4 saturated carbocycles. The Morgan fingerprint density at radius 2 is 1.79 bits per heavy atom. The third-order valence-electron chi connectivity index (χ3n) is 6.21. The van der Waals surface area contributed by atoms with Crippen molar-refractivity contribution >= 4 is 11.9 Å². The summed E-state index contributed by atoms with van der Waals surface area (Å²) < 4.78 is 4.64. The normalized spacial score (nSPS) is 33.3. The van der Waals surface area contributed by atoms with E-state index >= 15 is 0 Å². The molecule has 0 radical (unpaired) electrons. The Bertz CT molecular complexity index is 618. The predicted molar refractivity (Wildman–Crippen MR) is 88.5 cm³/mol. The van der Waals surface area contributed by atoms with Crippen LogP contribution in [0.15, 0.2) is 18.3 Å². The third-order valence-corrected chi connectivity index (χ3v) is 6.21. The van der Waals surface area contributed by atoms with Crippen LogP contribution in [-0.4, -0.2) is 30.5 Å². The van der Waals surface area contributed by atoms with Gasteiger partial charge in [-0.1, -0.05) is 0 Å². The lowest BCUT2D eigenvalue weighted by atomic mass is 9.49. The maximum absolute atomic E-state index is 12.4. The van der Waals surface area contributed by atoms with Crippen LogP contribution in [0.2, 0.25) is 0 Å². The average Bonchev–Trinajstić information content (AvgIpc) is 2.58. The quantitative estimate of drug-likeness (QED) is 0.863. The maximum atomic E-state index is 12.4. The first kappa shape index (κ1) is 15.6. The van der Waals surface area contributed by atoms with Gasteiger partial charge in [0.25, 0.3) is 5.91 Å². The van der Waals surface area contributed by atoms with E-state index in [9.17, 15) is 9.59 Å². The van der Waals surface area contributed by atoms with Crippen LogP contribution in [0.5, 0.6) is 0 Å². The molecule has 5 rings (SSSR count). The van der Waals surface area contributed by atoms with Gasteiger partial charge in [-0.2, -0.15) is 0 Å². The van der Waals surface area contributed by atoms with E-state index < -0.39 is 5.97 Å². The molecule has 1 aromatic heterocycles. The number of amides is 1. The minimum absolute atomic E-state index is 0.151. The summed E-state index contributed by atoms with van der Waals surface area (Å²) in [6.07, 6.45) is 9.43. The van der Waals surface area contributed by atoms with Crippen LogP contribution in [-0.2, 0) is 4.74 Å². The molecule has 0 aliphatic heterocycles. The summed E-state index contributed by atoms with van der Waals surface area (Å²) in [4.78, 5) is 27.9. The van der Waals surface area contributed by atoms with Crippen molar-refractivity contribution in [2.24, 2.45) is 23.2 Å². The molecule has 4 aliphatic rings. The van der Waals surface area contributed by atoms with Gasteiger partial charge in [0.05, 0.1) is 12.7 Å². The molecule has 5 heteroatoms. The number of nitrogens with zero attached hydrogens (tertiary/aromatic N) is 1. The number of esters is 1. The summed E-state index contributed by atoms with van der Waals surface area (Å²) in [7, 11) is 1.33. The van der Waals surface area contributed by atoms with E-state index in [0.29, 0.717) is 16.7 Å². The summed E-state index contributed by atoms with van der Waals surface area (Å²) in [6, 6.07) is 3.17. The molecular weight excluding hydrogens is 304 g/mol. The summed E-state index contributed by atoms with van der Waals surface area (Å²) in [5.41, 5.74) is 1.03. The maximum Gasteiger partial charge on any atom is 0.339 e. The Hall–Kier alpha value is -1.91. The molecule has 5 nitrogen and oxygen atoms in total. The largest absolute Gasteiger partial charge is 0.465 e. The topological polar surface area (TPSA) is 68.3 Å². The number of carbonyl (C=O) groups is 2. The highest BCUT2D eigenvalue weighted by Gasteiger charge is 2.50. The Kier molecular flexibility index (Phi) is 3.82. The molecule has 1 heterocycles. The summed E-state index contributed by atoms with van der Waals surface area (Å²) in [5, 5.41) is 3.10. The van der Waals surface area contributed by atoms with E-state index in [0.717, 1.165) is 24.3 Å².